The standard InChI is InChI=1S/C26H30Cl2N4O2S/c1-15-23(29)20(8-11-32(15)25(33)19-6-5-7-21(34-3)22(19)28)24(30-2)16-12-17(14-18(27)13-16)26(9-10-26)31-35-4/h5-7,12-15,31H,8-11,29H2,1-4H3. The topological polar surface area (TPSA) is 80.0 Å². The molecule has 186 valence electrons. The van der Waals surface area contributed by atoms with Crippen LogP contribution in [-0.4, -0.2) is 49.5 Å². The van der Waals surface area contributed by atoms with Crippen molar-refractivity contribution in [1.82, 2.24) is 9.62 Å². The van der Waals surface area contributed by atoms with Crippen molar-refractivity contribution in [2.45, 2.75) is 37.8 Å². The summed E-state index contributed by atoms with van der Waals surface area (Å²) in [7, 11) is 3.29. The summed E-state index contributed by atoms with van der Waals surface area (Å²) in [6.07, 6.45) is 4.74. The van der Waals surface area contributed by atoms with Gasteiger partial charge in [0.1, 0.15) is 5.75 Å². The van der Waals surface area contributed by atoms with Gasteiger partial charge < -0.3 is 15.4 Å². The highest BCUT2D eigenvalue weighted by molar-refractivity contribution is 7.96. The number of amides is 1. The first-order valence-corrected chi connectivity index (χ1v) is 13.4. The molecule has 0 aromatic heterocycles. The van der Waals surface area contributed by atoms with E-state index in [1.165, 1.54) is 7.11 Å². The van der Waals surface area contributed by atoms with E-state index in [1.54, 1.807) is 42.1 Å². The lowest BCUT2D eigenvalue weighted by molar-refractivity contribution is 0.0706. The highest BCUT2D eigenvalue weighted by Gasteiger charge is 2.44. The molecule has 0 saturated heterocycles. The number of carbonyl (C=O) groups is 1. The third kappa shape index (κ3) is 4.92. The number of rotatable bonds is 7. The van der Waals surface area contributed by atoms with Gasteiger partial charge in [-0.15, -0.1) is 0 Å². The van der Waals surface area contributed by atoms with Gasteiger partial charge in [-0.1, -0.05) is 41.2 Å². The van der Waals surface area contributed by atoms with Gasteiger partial charge in [-0.25, -0.2) is 0 Å². The number of nitrogens with one attached hydrogen (secondary N) is 1. The maximum absolute atomic E-state index is 13.4. The normalized spacial score (nSPS) is 19.7. The van der Waals surface area contributed by atoms with Crippen LogP contribution in [0.4, 0.5) is 0 Å². The zero-order valence-corrected chi connectivity index (χ0v) is 22.7. The van der Waals surface area contributed by atoms with Crippen molar-refractivity contribution in [2.75, 3.05) is 27.0 Å². The number of aliphatic imine (C=N–C) groups is 1. The summed E-state index contributed by atoms with van der Waals surface area (Å²) in [5.41, 5.74) is 11.5. The molecular weight excluding hydrogens is 503 g/mol. The average molecular weight is 534 g/mol. The minimum absolute atomic E-state index is 0.0447. The highest BCUT2D eigenvalue weighted by atomic mass is 35.5. The first-order chi connectivity index (χ1) is 16.8. The molecule has 3 N–H and O–H groups in total. The number of carbonyl (C=O) groups excluding carboxylic acids is 1. The Labute approximate surface area is 221 Å². The Hall–Kier alpha value is -2.19. The van der Waals surface area contributed by atoms with Crippen molar-refractivity contribution in [3.05, 3.63) is 74.4 Å². The van der Waals surface area contributed by atoms with E-state index in [0.29, 0.717) is 40.0 Å². The van der Waals surface area contributed by atoms with Crippen LogP contribution >= 0.6 is 35.1 Å². The van der Waals surface area contributed by atoms with Gasteiger partial charge >= 0.3 is 0 Å². The van der Waals surface area contributed by atoms with Gasteiger partial charge in [-0.05, 0) is 68.3 Å². The van der Waals surface area contributed by atoms with Gasteiger partial charge in [0.25, 0.3) is 5.91 Å². The minimum atomic E-state index is -0.322. The number of halogens is 2. The fourth-order valence-electron chi connectivity index (χ4n) is 4.72. The van der Waals surface area contributed by atoms with Gasteiger partial charge in [-0.2, -0.15) is 0 Å². The third-order valence-corrected chi connectivity index (χ3v) is 8.03. The summed E-state index contributed by atoms with van der Waals surface area (Å²) in [6, 6.07) is 11.0. The summed E-state index contributed by atoms with van der Waals surface area (Å²) in [6.45, 7) is 2.42. The number of nitrogens with two attached hydrogens (primary N) is 1. The molecule has 0 radical (unpaired) electrons. The number of benzene rings is 2. The number of ether oxygens (including phenoxy) is 1. The molecule has 9 heteroatoms. The van der Waals surface area contributed by atoms with Crippen molar-refractivity contribution in [3.63, 3.8) is 0 Å². The van der Waals surface area contributed by atoms with E-state index < -0.39 is 0 Å². The average Bonchev–Trinajstić information content (AvgIpc) is 3.63. The predicted molar refractivity (Wildman–Crippen MR) is 146 cm³/mol. The molecule has 1 amide bonds. The molecule has 0 spiro atoms. The number of hydrogen-bond acceptors (Lipinski definition) is 6. The van der Waals surface area contributed by atoms with E-state index in [4.69, 9.17) is 33.7 Å². The molecule has 1 aliphatic carbocycles. The molecule has 1 unspecified atom stereocenters. The van der Waals surface area contributed by atoms with E-state index in [9.17, 15) is 4.79 Å². The lowest BCUT2D eigenvalue weighted by Crippen LogP contribution is -2.46. The second-order valence-electron chi connectivity index (χ2n) is 8.87. The summed E-state index contributed by atoms with van der Waals surface area (Å²) >= 11 is 14.6. The summed E-state index contributed by atoms with van der Waals surface area (Å²) in [5.74, 6) is 0.287. The number of hydrogen-bond donors (Lipinski definition) is 2. The van der Waals surface area contributed by atoms with Crippen LogP contribution in [0.2, 0.25) is 10.0 Å². The Morgan fingerprint density at radius 2 is 2.03 bits per heavy atom. The van der Waals surface area contributed by atoms with Crippen LogP contribution in [-0.2, 0) is 5.54 Å². The zero-order chi connectivity index (χ0) is 25.3. The summed E-state index contributed by atoms with van der Waals surface area (Å²) in [4.78, 5) is 19.7. The van der Waals surface area contributed by atoms with Crippen molar-refractivity contribution in [3.8, 4) is 5.75 Å². The van der Waals surface area contributed by atoms with Crippen LogP contribution in [0.15, 0.2) is 52.7 Å². The van der Waals surface area contributed by atoms with Crippen LogP contribution in [0.25, 0.3) is 0 Å². The van der Waals surface area contributed by atoms with Gasteiger partial charge in [0, 0.05) is 35.4 Å². The molecule has 4 rings (SSSR count). The van der Waals surface area contributed by atoms with Crippen LogP contribution < -0.4 is 15.2 Å². The Kier molecular flexibility index (Phi) is 7.71. The fourth-order valence-corrected chi connectivity index (χ4v) is 5.95. The highest BCUT2D eigenvalue weighted by Crippen LogP contribution is 2.47. The number of nitrogens with zero attached hydrogens (tertiary/aromatic N) is 2. The molecule has 35 heavy (non-hydrogen) atoms. The van der Waals surface area contributed by atoms with E-state index >= 15 is 0 Å². The van der Waals surface area contributed by atoms with Crippen molar-refractivity contribution < 1.29 is 9.53 Å². The Bertz CT molecular complexity index is 1210. The van der Waals surface area contributed by atoms with Crippen LogP contribution in [0.1, 0.15) is 47.7 Å². The van der Waals surface area contributed by atoms with E-state index in [-0.39, 0.29) is 17.5 Å². The summed E-state index contributed by atoms with van der Waals surface area (Å²) in [5, 5.41) is 0.969. The van der Waals surface area contributed by atoms with Crippen LogP contribution in [0, 0.1) is 0 Å². The molecule has 1 atom stereocenters. The van der Waals surface area contributed by atoms with Gasteiger partial charge in [0.15, 0.2) is 0 Å². The van der Waals surface area contributed by atoms with Crippen LogP contribution in [0.3, 0.4) is 0 Å². The van der Waals surface area contributed by atoms with E-state index in [0.717, 1.165) is 35.3 Å². The zero-order valence-electron chi connectivity index (χ0n) is 20.3. The van der Waals surface area contributed by atoms with Crippen molar-refractivity contribution in [2.24, 2.45) is 10.7 Å². The SMILES string of the molecule is CN=C(C1=C(N)C(C)N(C(=O)c2cccc(OC)c2Cl)CC1)c1cc(Cl)cc(C2(NSC)CC2)c1. The first kappa shape index (κ1) is 25.9. The molecule has 0 bridgehead atoms. The monoisotopic (exact) mass is 532 g/mol. The number of methoxy groups -OCH3 is 1. The molecule has 1 saturated carbocycles. The second kappa shape index (κ2) is 10.4. The first-order valence-electron chi connectivity index (χ1n) is 11.5. The Morgan fingerprint density at radius 1 is 1.29 bits per heavy atom. The molecule has 2 aromatic carbocycles. The Morgan fingerprint density at radius 3 is 2.66 bits per heavy atom. The predicted octanol–water partition coefficient (Wildman–Crippen LogP) is 5.43. The molecule has 1 fully saturated rings. The van der Waals surface area contributed by atoms with Crippen molar-refractivity contribution in [1.29, 1.82) is 0 Å². The quantitative estimate of drug-likeness (QED) is 0.367. The lowest BCUT2D eigenvalue weighted by atomic mass is 9.90. The molecule has 2 aromatic rings. The molecule has 6 nitrogen and oxygen atoms in total. The maximum atomic E-state index is 13.4. The minimum Gasteiger partial charge on any atom is -0.495 e. The molecule has 1 heterocycles. The molecule has 1 aliphatic heterocycles. The Balaban J connectivity index is 1.65. The van der Waals surface area contributed by atoms with E-state index in [2.05, 4.69) is 15.8 Å². The lowest BCUT2D eigenvalue weighted by Gasteiger charge is -2.36. The van der Waals surface area contributed by atoms with Gasteiger partial charge in [0.05, 0.1) is 35.0 Å². The third-order valence-electron chi connectivity index (χ3n) is 6.82. The molecule has 2 aliphatic rings. The largest absolute Gasteiger partial charge is 0.495 e. The van der Waals surface area contributed by atoms with Gasteiger partial charge in [-0.3, -0.25) is 14.5 Å². The fraction of sp³-hybridized carbons (Fsp3) is 0.385. The smallest absolute Gasteiger partial charge is 0.256 e. The second-order valence-corrected chi connectivity index (χ2v) is 10.3. The van der Waals surface area contributed by atoms with Gasteiger partial charge in [0.2, 0.25) is 0 Å². The summed E-state index contributed by atoms with van der Waals surface area (Å²) < 4.78 is 8.80. The van der Waals surface area contributed by atoms with E-state index in [1.807, 2.05) is 25.3 Å². The van der Waals surface area contributed by atoms with Crippen molar-refractivity contribution >= 4 is 46.8 Å². The molecular formula is C26H30Cl2N4O2S. The van der Waals surface area contributed by atoms with Crippen LogP contribution in [0.5, 0.6) is 5.75 Å². The maximum Gasteiger partial charge on any atom is 0.256 e.